The number of methoxy groups -OCH3 is 1. The van der Waals surface area contributed by atoms with Gasteiger partial charge in [0.2, 0.25) is 0 Å². The zero-order valence-electron chi connectivity index (χ0n) is 28.3. The lowest BCUT2D eigenvalue weighted by molar-refractivity contribution is -0.129. The Bertz CT molecular complexity index is 1710. The summed E-state index contributed by atoms with van der Waals surface area (Å²) in [7, 11) is 1.69. The number of amides is 1. The number of benzene rings is 3. The Kier molecular flexibility index (Phi) is 10.3. The summed E-state index contributed by atoms with van der Waals surface area (Å²) >= 11 is 5.91. The van der Waals surface area contributed by atoms with E-state index < -0.39 is 11.6 Å². The van der Waals surface area contributed by atoms with E-state index in [-0.39, 0.29) is 35.4 Å². The number of hydrogen-bond acceptors (Lipinski definition) is 5. The fourth-order valence-corrected chi connectivity index (χ4v) is 7.67. The summed E-state index contributed by atoms with van der Waals surface area (Å²) in [4.78, 5) is 16.9. The zero-order valence-corrected chi connectivity index (χ0v) is 29.0. The molecule has 3 atom stereocenters. The highest BCUT2D eigenvalue weighted by Gasteiger charge is 2.43. The van der Waals surface area contributed by atoms with Crippen LogP contribution in [-0.4, -0.2) is 55.4 Å². The summed E-state index contributed by atoms with van der Waals surface area (Å²) in [6, 6.07) is 17.0. The molecule has 2 saturated carbocycles. The van der Waals surface area contributed by atoms with Crippen LogP contribution in [0.5, 0.6) is 11.5 Å². The van der Waals surface area contributed by atoms with Gasteiger partial charge in [-0.25, -0.2) is 8.78 Å². The number of carbonyl (C=O) groups is 1. The SMILES string of the molecule is COc1cccc(CN(C(=O)C2=C(c3ccc(CCCOc4c(F)ccc(F)c4Cl)cc3)C[C@@H]3CC(COC4CC4)C[C@H]2N3)C2CC2)c1C. The number of nitrogens with zero attached hydrogens (tertiary/aromatic N) is 1. The first-order valence-corrected chi connectivity index (χ1v) is 18.1. The molecule has 49 heavy (non-hydrogen) atoms. The predicted molar refractivity (Wildman–Crippen MR) is 187 cm³/mol. The van der Waals surface area contributed by atoms with E-state index in [1.165, 1.54) is 0 Å². The van der Waals surface area contributed by atoms with Crippen LogP contribution in [0.2, 0.25) is 5.02 Å². The quantitative estimate of drug-likeness (QED) is 0.137. The lowest BCUT2D eigenvalue weighted by Crippen LogP contribution is -2.53. The van der Waals surface area contributed by atoms with Crippen molar-refractivity contribution in [2.75, 3.05) is 20.3 Å². The summed E-state index contributed by atoms with van der Waals surface area (Å²) in [5.74, 6) is -0.242. The van der Waals surface area contributed by atoms with E-state index in [4.69, 9.17) is 25.8 Å². The number of hydrogen-bond donors (Lipinski definition) is 1. The highest BCUT2D eigenvalue weighted by molar-refractivity contribution is 6.32. The molecule has 9 heteroatoms. The van der Waals surface area contributed by atoms with E-state index in [2.05, 4.69) is 47.5 Å². The second kappa shape index (κ2) is 14.8. The predicted octanol–water partition coefficient (Wildman–Crippen LogP) is 8.21. The van der Waals surface area contributed by atoms with Gasteiger partial charge in [0, 0.05) is 36.9 Å². The Morgan fingerprint density at radius 3 is 2.51 bits per heavy atom. The van der Waals surface area contributed by atoms with E-state index in [9.17, 15) is 13.6 Å². The molecule has 260 valence electrons. The first-order chi connectivity index (χ1) is 23.8. The molecule has 1 N–H and O–H groups in total. The number of ether oxygens (including phenoxy) is 3. The molecule has 1 unspecified atom stereocenters. The molecule has 4 aliphatic rings. The average Bonchev–Trinajstić information content (AvgIpc) is 4.04. The molecule has 3 fully saturated rings. The molecule has 2 aliphatic heterocycles. The standard InChI is InChI=1S/C40H45ClF2N2O4/c1-24-28(6-3-7-36(24)47-2)22-45(30-12-13-30)40(46)37-32(21-29-19-26(20-35(37)44-29)23-49-31-14-15-31)27-10-8-25(9-11-27)5-4-18-48-39-34(43)17-16-33(42)38(39)41/h3,6-11,16-17,26,29-31,35,44H,4-5,12-15,18-23H2,1-2H3/t26?,29-,35+/m0/s1. The van der Waals surface area contributed by atoms with E-state index in [1.807, 2.05) is 12.1 Å². The molecule has 3 aromatic rings. The van der Waals surface area contributed by atoms with Gasteiger partial charge in [0.15, 0.2) is 11.6 Å². The van der Waals surface area contributed by atoms with Gasteiger partial charge in [0.25, 0.3) is 5.91 Å². The largest absolute Gasteiger partial charge is 0.496 e. The molecular weight excluding hydrogens is 646 g/mol. The van der Waals surface area contributed by atoms with Gasteiger partial charge in [-0.2, -0.15) is 0 Å². The third kappa shape index (κ3) is 7.82. The van der Waals surface area contributed by atoms with Gasteiger partial charge in [-0.05, 0) is 117 Å². The van der Waals surface area contributed by atoms with Gasteiger partial charge >= 0.3 is 0 Å². The van der Waals surface area contributed by atoms with Gasteiger partial charge in [-0.3, -0.25) is 4.79 Å². The number of rotatable bonds is 14. The molecule has 0 spiro atoms. The van der Waals surface area contributed by atoms with Crippen molar-refractivity contribution in [3.8, 4) is 11.5 Å². The summed E-state index contributed by atoms with van der Waals surface area (Å²) in [6.45, 7) is 3.59. The molecule has 1 amide bonds. The van der Waals surface area contributed by atoms with Gasteiger partial charge < -0.3 is 24.4 Å². The third-order valence-electron chi connectivity index (χ3n) is 10.4. The van der Waals surface area contributed by atoms with Crippen LogP contribution in [0.4, 0.5) is 8.78 Å². The van der Waals surface area contributed by atoms with Crippen molar-refractivity contribution in [2.45, 2.75) is 95.5 Å². The fraction of sp³-hybridized carbons (Fsp3) is 0.475. The summed E-state index contributed by atoms with van der Waals surface area (Å²) in [5.41, 5.74) is 6.40. The minimum absolute atomic E-state index is 0.0256. The first-order valence-electron chi connectivity index (χ1n) is 17.7. The lowest BCUT2D eigenvalue weighted by Gasteiger charge is -2.43. The van der Waals surface area contributed by atoms with Crippen LogP contribution < -0.4 is 14.8 Å². The van der Waals surface area contributed by atoms with Crippen LogP contribution in [0, 0.1) is 24.5 Å². The molecule has 7 rings (SSSR count). The van der Waals surface area contributed by atoms with Crippen molar-refractivity contribution in [1.29, 1.82) is 0 Å². The van der Waals surface area contributed by atoms with Gasteiger partial charge in [0.05, 0.1) is 19.8 Å². The third-order valence-corrected chi connectivity index (χ3v) is 10.8. The van der Waals surface area contributed by atoms with Crippen molar-refractivity contribution in [3.05, 3.63) is 99.1 Å². The van der Waals surface area contributed by atoms with Crippen LogP contribution in [-0.2, 0) is 22.5 Å². The van der Waals surface area contributed by atoms with Gasteiger partial charge in [-0.15, -0.1) is 0 Å². The second-order valence-electron chi connectivity index (χ2n) is 14.1. The monoisotopic (exact) mass is 690 g/mol. The molecule has 3 aromatic carbocycles. The van der Waals surface area contributed by atoms with Crippen LogP contribution in [0.3, 0.4) is 0 Å². The maximum Gasteiger partial charge on any atom is 0.252 e. The van der Waals surface area contributed by atoms with Crippen LogP contribution >= 0.6 is 11.6 Å². The van der Waals surface area contributed by atoms with Crippen LogP contribution in [0.25, 0.3) is 5.57 Å². The molecule has 1 saturated heterocycles. The van der Waals surface area contributed by atoms with Gasteiger partial charge in [-0.1, -0.05) is 48.0 Å². The van der Waals surface area contributed by atoms with Crippen molar-refractivity contribution in [3.63, 3.8) is 0 Å². The Morgan fingerprint density at radius 1 is 1.00 bits per heavy atom. The molecule has 0 aromatic heterocycles. The Labute approximate surface area is 292 Å². The smallest absolute Gasteiger partial charge is 0.252 e. The number of piperidine rings is 1. The molecule has 6 nitrogen and oxygen atoms in total. The number of aryl methyl sites for hydroxylation is 1. The zero-order chi connectivity index (χ0) is 34.1. The van der Waals surface area contributed by atoms with E-state index >= 15 is 0 Å². The average molecular weight is 691 g/mol. The Morgan fingerprint density at radius 2 is 1.78 bits per heavy atom. The van der Waals surface area contributed by atoms with Crippen molar-refractivity contribution in [2.24, 2.45) is 5.92 Å². The topological polar surface area (TPSA) is 60.0 Å². The van der Waals surface area contributed by atoms with E-state index in [0.29, 0.717) is 37.5 Å². The second-order valence-corrected chi connectivity index (χ2v) is 14.5. The van der Waals surface area contributed by atoms with E-state index in [0.717, 1.165) is 103 Å². The molecule has 2 bridgehead atoms. The summed E-state index contributed by atoms with van der Waals surface area (Å²) in [5, 5.41) is 3.50. The first kappa shape index (κ1) is 34.0. The maximum atomic E-state index is 14.8. The normalized spacial score (nSPS) is 21.9. The van der Waals surface area contributed by atoms with Crippen molar-refractivity contribution in [1.82, 2.24) is 10.2 Å². The minimum Gasteiger partial charge on any atom is -0.496 e. The fourth-order valence-electron chi connectivity index (χ4n) is 7.46. The Balaban J connectivity index is 1.11. The molecule has 2 heterocycles. The van der Waals surface area contributed by atoms with Gasteiger partial charge in [0.1, 0.15) is 16.6 Å². The molecule has 0 radical (unpaired) electrons. The highest BCUT2D eigenvalue weighted by Crippen LogP contribution is 2.42. The van der Waals surface area contributed by atoms with E-state index in [1.54, 1.807) is 7.11 Å². The van der Waals surface area contributed by atoms with Crippen molar-refractivity contribution >= 4 is 23.1 Å². The highest BCUT2D eigenvalue weighted by atomic mass is 35.5. The Hall–Kier alpha value is -3.46. The van der Waals surface area contributed by atoms with Crippen LogP contribution in [0.15, 0.2) is 60.2 Å². The number of halogens is 3. The lowest BCUT2D eigenvalue weighted by atomic mass is 9.75. The molecular formula is C40H45ClF2N2O4. The maximum absolute atomic E-state index is 14.8. The number of carbonyl (C=O) groups excluding carboxylic acids is 1. The number of nitrogens with one attached hydrogen (secondary N) is 1. The molecule has 2 aliphatic carbocycles. The van der Waals surface area contributed by atoms with Crippen molar-refractivity contribution < 1.29 is 27.8 Å². The summed E-state index contributed by atoms with van der Waals surface area (Å²) < 4.78 is 45.1. The minimum atomic E-state index is -0.708. The summed E-state index contributed by atoms with van der Waals surface area (Å²) in [6.07, 6.45) is 8.81. The number of fused-ring (bicyclic) bond motifs is 2. The van der Waals surface area contributed by atoms with Crippen LogP contribution in [0.1, 0.15) is 73.6 Å².